The first-order valence-electron chi connectivity index (χ1n) is 10.1. The fourth-order valence-corrected chi connectivity index (χ4v) is 4.56. The lowest BCUT2D eigenvalue weighted by molar-refractivity contribution is -0.152. The van der Waals surface area contributed by atoms with Gasteiger partial charge in [-0.25, -0.2) is 13.6 Å². The summed E-state index contributed by atoms with van der Waals surface area (Å²) in [6.07, 6.45) is 1.77. The molecule has 0 radical (unpaired) electrons. The van der Waals surface area contributed by atoms with Gasteiger partial charge < -0.3 is 15.0 Å². The van der Waals surface area contributed by atoms with E-state index in [1.54, 1.807) is 12.1 Å². The van der Waals surface area contributed by atoms with E-state index in [1.807, 2.05) is 0 Å². The van der Waals surface area contributed by atoms with Gasteiger partial charge in [0.2, 0.25) is 10.0 Å². The van der Waals surface area contributed by atoms with Gasteiger partial charge in [0, 0.05) is 19.6 Å². The number of amides is 1. The van der Waals surface area contributed by atoms with Crippen LogP contribution in [0.2, 0.25) is 0 Å². The summed E-state index contributed by atoms with van der Waals surface area (Å²) in [5.74, 6) is -0.111. The topological polar surface area (TPSA) is 119 Å². The molecular weight excluding hydrogens is 458 g/mol. The predicted octanol–water partition coefficient (Wildman–Crippen LogP) is 1.67. The molecule has 0 aliphatic carbocycles. The van der Waals surface area contributed by atoms with Gasteiger partial charge in [-0.1, -0.05) is 43.0 Å². The number of carbonyl (C=O) groups is 2. The number of nitrogens with one attached hydrogen (secondary N) is 1. The average molecular weight is 488 g/mol. The number of nitrogens with two attached hydrogens (primary N) is 1. The number of piperidine rings is 1. The molecule has 0 spiro atoms. The molecule has 1 saturated heterocycles. The van der Waals surface area contributed by atoms with Crippen molar-refractivity contribution in [3.05, 3.63) is 29.8 Å². The number of thioether (sulfide) groups is 1. The summed E-state index contributed by atoms with van der Waals surface area (Å²) in [6.45, 7) is 5.88. The minimum Gasteiger partial charge on any atom is -0.452 e. The van der Waals surface area contributed by atoms with Crippen LogP contribution in [0.1, 0.15) is 32.3 Å². The Hall–Kier alpha value is -1.69. The molecule has 1 aliphatic rings. The number of esters is 1. The van der Waals surface area contributed by atoms with Crippen LogP contribution in [0.25, 0.3) is 0 Å². The van der Waals surface area contributed by atoms with Gasteiger partial charge in [-0.2, -0.15) is 0 Å². The molecule has 1 unspecified atom stereocenters. The van der Waals surface area contributed by atoms with Gasteiger partial charge in [0.1, 0.15) is 4.32 Å². The van der Waals surface area contributed by atoms with Crippen molar-refractivity contribution in [2.75, 3.05) is 25.4 Å². The van der Waals surface area contributed by atoms with Crippen LogP contribution in [0.5, 0.6) is 0 Å². The summed E-state index contributed by atoms with van der Waals surface area (Å²) in [6, 6.07) is 6.11. The Labute approximate surface area is 193 Å². The molecule has 31 heavy (non-hydrogen) atoms. The van der Waals surface area contributed by atoms with Crippen LogP contribution in [-0.2, 0) is 30.8 Å². The van der Waals surface area contributed by atoms with Crippen LogP contribution in [0, 0.1) is 5.92 Å². The quantitative estimate of drug-likeness (QED) is 0.420. The van der Waals surface area contributed by atoms with Gasteiger partial charge in [0.15, 0.2) is 6.10 Å². The number of hydrogen-bond donors (Lipinski definition) is 2. The lowest BCUT2D eigenvalue weighted by Gasteiger charge is -2.31. The summed E-state index contributed by atoms with van der Waals surface area (Å²) >= 11 is 6.65. The van der Waals surface area contributed by atoms with E-state index in [4.69, 9.17) is 22.1 Å². The monoisotopic (exact) mass is 487 g/mol. The zero-order chi connectivity index (χ0) is 23.0. The van der Waals surface area contributed by atoms with Crippen molar-refractivity contribution in [2.24, 2.45) is 11.1 Å². The van der Waals surface area contributed by atoms with Gasteiger partial charge in [-0.05, 0) is 49.8 Å². The van der Waals surface area contributed by atoms with Crippen LogP contribution in [0.4, 0.5) is 0 Å². The lowest BCUT2D eigenvalue weighted by Crippen LogP contribution is -2.38. The van der Waals surface area contributed by atoms with E-state index in [-0.39, 0.29) is 10.6 Å². The van der Waals surface area contributed by atoms with E-state index in [0.29, 0.717) is 23.2 Å². The molecule has 0 saturated carbocycles. The van der Waals surface area contributed by atoms with E-state index in [2.05, 4.69) is 17.1 Å². The smallest absolute Gasteiger partial charge is 0.317 e. The highest BCUT2D eigenvalue weighted by atomic mass is 32.2. The number of thiocarbonyl (C=S) groups is 1. The Morgan fingerprint density at radius 2 is 1.90 bits per heavy atom. The first kappa shape index (κ1) is 25.6. The maximum Gasteiger partial charge on any atom is 0.317 e. The van der Waals surface area contributed by atoms with Crippen LogP contribution in [0.15, 0.2) is 29.2 Å². The first-order chi connectivity index (χ1) is 14.6. The zero-order valence-corrected chi connectivity index (χ0v) is 20.2. The van der Waals surface area contributed by atoms with Crippen molar-refractivity contribution in [3.8, 4) is 0 Å². The number of hydrogen-bond acceptors (Lipinski definition) is 7. The second-order valence-electron chi connectivity index (χ2n) is 7.59. The van der Waals surface area contributed by atoms with Crippen molar-refractivity contribution >= 4 is 50.2 Å². The van der Waals surface area contributed by atoms with Crippen LogP contribution >= 0.6 is 24.0 Å². The molecule has 1 aromatic carbocycles. The maximum atomic E-state index is 12.1. The number of carbonyl (C=O) groups excluding carboxylic acids is 2. The summed E-state index contributed by atoms with van der Waals surface area (Å²) in [5.41, 5.74) is 0.842. The molecule has 3 N–H and O–H groups in total. The van der Waals surface area contributed by atoms with Crippen molar-refractivity contribution in [1.82, 2.24) is 10.2 Å². The third-order valence-electron chi connectivity index (χ3n) is 5.00. The molecule has 11 heteroatoms. The Morgan fingerprint density at radius 1 is 1.29 bits per heavy atom. The van der Waals surface area contributed by atoms with E-state index >= 15 is 0 Å². The zero-order valence-electron chi connectivity index (χ0n) is 17.7. The maximum absolute atomic E-state index is 12.1. The molecule has 1 atom stereocenters. The van der Waals surface area contributed by atoms with Gasteiger partial charge >= 0.3 is 5.97 Å². The molecule has 2 rings (SSSR count). The Balaban J connectivity index is 1.67. The molecule has 0 bridgehead atoms. The Bertz CT molecular complexity index is 882. The largest absolute Gasteiger partial charge is 0.452 e. The fraction of sp³-hybridized carbons (Fsp3) is 0.550. The number of ether oxygens (including phenoxy) is 1. The van der Waals surface area contributed by atoms with E-state index < -0.39 is 28.0 Å². The molecule has 1 fully saturated rings. The summed E-state index contributed by atoms with van der Waals surface area (Å²) in [4.78, 5) is 26.3. The molecule has 1 heterocycles. The Morgan fingerprint density at radius 3 is 2.48 bits per heavy atom. The number of rotatable bonds is 8. The second kappa shape index (κ2) is 11.8. The summed E-state index contributed by atoms with van der Waals surface area (Å²) in [5, 5.41) is 7.77. The molecule has 0 aromatic heterocycles. The lowest BCUT2D eigenvalue weighted by atomic mass is 10.00. The van der Waals surface area contributed by atoms with Gasteiger partial charge in [0.25, 0.3) is 5.91 Å². The van der Waals surface area contributed by atoms with E-state index in [9.17, 15) is 18.0 Å². The van der Waals surface area contributed by atoms with Crippen LogP contribution < -0.4 is 10.5 Å². The number of likely N-dealkylation sites (tertiary alicyclic amines) is 1. The molecule has 1 aromatic rings. The van der Waals surface area contributed by atoms with Crippen molar-refractivity contribution in [3.63, 3.8) is 0 Å². The third kappa shape index (κ3) is 8.76. The second-order valence-corrected chi connectivity index (χ2v) is 10.8. The summed E-state index contributed by atoms with van der Waals surface area (Å²) < 4.78 is 28.4. The number of primary sulfonamides is 1. The first-order valence-corrected chi connectivity index (χ1v) is 13.0. The van der Waals surface area contributed by atoms with E-state index in [0.717, 1.165) is 31.5 Å². The van der Waals surface area contributed by atoms with Crippen LogP contribution in [-0.4, -0.2) is 61.0 Å². The summed E-state index contributed by atoms with van der Waals surface area (Å²) in [7, 11) is -3.73. The predicted molar refractivity (Wildman–Crippen MR) is 125 cm³/mol. The normalized spacial score (nSPS) is 15.9. The molecule has 1 amide bonds. The minimum atomic E-state index is -3.73. The molecular formula is C20H29N3O5S3. The average Bonchev–Trinajstić information content (AvgIpc) is 2.72. The van der Waals surface area contributed by atoms with Gasteiger partial charge in [-0.3, -0.25) is 9.59 Å². The van der Waals surface area contributed by atoms with Gasteiger partial charge in [0.05, 0.1) is 10.6 Å². The van der Waals surface area contributed by atoms with E-state index in [1.165, 1.54) is 30.8 Å². The SMILES string of the molecule is CC1CCN(C(=S)SCC(=O)OC(C)C(=O)NCCc2ccc(S(N)(=O)=O)cc2)CC1. The van der Waals surface area contributed by atoms with Crippen molar-refractivity contribution in [2.45, 2.75) is 44.1 Å². The third-order valence-corrected chi connectivity index (χ3v) is 7.42. The number of nitrogens with zero attached hydrogens (tertiary/aromatic N) is 1. The molecule has 1 aliphatic heterocycles. The minimum absolute atomic E-state index is 0.0352. The van der Waals surface area contributed by atoms with Crippen molar-refractivity contribution < 1.29 is 22.7 Å². The number of benzene rings is 1. The van der Waals surface area contributed by atoms with Gasteiger partial charge in [-0.15, -0.1) is 0 Å². The Kier molecular flexibility index (Phi) is 9.73. The van der Waals surface area contributed by atoms with Crippen molar-refractivity contribution in [1.29, 1.82) is 0 Å². The highest BCUT2D eigenvalue weighted by Crippen LogP contribution is 2.20. The highest BCUT2D eigenvalue weighted by molar-refractivity contribution is 8.23. The standard InChI is InChI=1S/C20H29N3O5S3/c1-14-8-11-23(12-9-14)20(29)30-13-18(24)28-15(2)19(25)22-10-7-16-3-5-17(6-4-16)31(21,26)27/h3-6,14-15H,7-13H2,1-2H3,(H,22,25)(H2,21,26,27). The molecule has 172 valence electrons. The van der Waals surface area contributed by atoms with Crippen LogP contribution in [0.3, 0.4) is 0 Å². The fourth-order valence-electron chi connectivity index (χ4n) is 3.01. The number of sulfonamides is 1. The highest BCUT2D eigenvalue weighted by Gasteiger charge is 2.21. The molecule has 8 nitrogen and oxygen atoms in total.